The fraction of sp³-hybridized carbons (Fsp3) is 0.550. The van der Waals surface area contributed by atoms with Crippen molar-refractivity contribution in [1.29, 1.82) is 5.26 Å². The van der Waals surface area contributed by atoms with Gasteiger partial charge >= 0.3 is 0 Å². The maximum absolute atomic E-state index is 12.8. The monoisotopic (exact) mass is 372 g/mol. The van der Waals surface area contributed by atoms with E-state index in [4.69, 9.17) is 4.74 Å². The van der Waals surface area contributed by atoms with Crippen LogP contribution in [0.15, 0.2) is 11.6 Å². The van der Waals surface area contributed by atoms with Gasteiger partial charge in [-0.15, -0.1) is 0 Å². The molecular weight excluding hydrogens is 344 g/mol. The molecule has 1 aliphatic rings. The summed E-state index contributed by atoms with van der Waals surface area (Å²) >= 11 is 0. The van der Waals surface area contributed by atoms with Gasteiger partial charge in [-0.1, -0.05) is 0 Å². The van der Waals surface area contributed by atoms with E-state index in [1.54, 1.807) is 23.0 Å². The van der Waals surface area contributed by atoms with Crippen molar-refractivity contribution in [3.05, 3.63) is 28.6 Å². The zero-order valence-electron chi connectivity index (χ0n) is 16.8. The molecule has 7 nitrogen and oxygen atoms in total. The Morgan fingerprint density at radius 2 is 1.85 bits per heavy atom. The SMILES string of the molecule is COCC(C)n1c(C)cc(/C=C(\C#N)C(=O)N2CCN(C(C)=O)CC2)c1C. The molecule has 7 heteroatoms. The molecule has 2 heterocycles. The van der Waals surface area contributed by atoms with Crippen LogP contribution >= 0.6 is 0 Å². The first-order chi connectivity index (χ1) is 12.8. The van der Waals surface area contributed by atoms with E-state index in [0.29, 0.717) is 32.8 Å². The maximum atomic E-state index is 12.8. The van der Waals surface area contributed by atoms with E-state index in [1.807, 2.05) is 26.0 Å². The summed E-state index contributed by atoms with van der Waals surface area (Å²) in [5.74, 6) is -0.272. The number of rotatable bonds is 5. The predicted molar refractivity (Wildman–Crippen MR) is 103 cm³/mol. The molecular formula is C20H28N4O3. The summed E-state index contributed by atoms with van der Waals surface area (Å²) in [6.07, 6.45) is 1.66. The Balaban J connectivity index is 2.22. The van der Waals surface area contributed by atoms with Crippen LogP contribution in [0.5, 0.6) is 0 Å². The minimum absolute atomic E-state index is 0.00997. The van der Waals surface area contributed by atoms with Gasteiger partial charge in [-0.05, 0) is 38.5 Å². The van der Waals surface area contributed by atoms with Crippen LogP contribution in [0.3, 0.4) is 0 Å². The highest BCUT2D eigenvalue weighted by atomic mass is 16.5. The molecule has 1 saturated heterocycles. The standard InChI is InChI=1S/C20H28N4O3/c1-14-10-18(16(3)24(14)15(2)13-27-5)11-19(12-21)20(26)23-8-6-22(7-9-23)17(4)25/h10-11,15H,6-9,13H2,1-5H3/b19-11+. The first-order valence-electron chi connectivity index (χ1n) is 9.14. The third-order valence-electron chi connectivity index (χ3n) is 5.04. The summed E-state index contributed by atoms with van der Waals surface area (Å²) in [4.78, 5) is 27.5. The smallest absolute Gasteiger partial charge is 0.264 e. The highest BCUT2D eigenvalue weighted by molar-refractivity contribution is 6.02. The molecule has 1 unspecified atom stereocenters. The van der Waals surface area contributed by atoms with E-state index >= 15 is 0 Å². The molecule has 0 aliphatic carbocycles. The van der Waals surface area contributed by atoms with Gasteiger partial charge in [0.05, 0.1) is 12.6 Å². The first-order valence-corrected chi connectivity index (χ1v) is 9.14. The summed E-state index contributed by atoms with van der Waals surface area (Å²) in [5.41, 5.74) is 3.04. The van der Waals surface area contributed by atoms with Gasteiger partial charge in [0.15, 0.2) is 0 Å². The minimum atomic E-state index is -0.282. The highest BCUT2D eigenvalue weighted by Gasteiger charge is 2.25. The Morgan fingerprint density at radius 3 is 2.37 bits per heavy atom. The highest BCUT2D eigenvalue weighted by Crippen LogP contribution is 2.23. The van der Waals surface area contributed by atoms with Crippen molar-refractivity contribution in [3.63, 3.8) is 0 Å². The molecule has 1 fully saturated rings. The molecule has 1 atom stereocenters. The number of aryl methyl sites for hydroxylation is 1. The van der Waals surface area contributed by atoms with Crippen LogP contribution in [0.2, 0.25) is 0 Å². The lowest BCUT2D eigenvalue weighted by Crippen LogP contribution is -2.50. The fourth-order valence-corrected chi connectivity index (χ4v) is 3.63. The number of carbonyl (C=O) groups excluding carboxylic acids is 2. The van der Waals surface area contributed by atoms with Crippen molar-refractivity contribution in [1.82, 2.24) is 14.4 Å². The maximum Gasteiger partial charge on any atom is 0.264 e. The van der Waals surface area contributed by atoms with Gasteiger partial charge < -0.3 is 19.1 Å². The summed E-state index contributed by atoms with van der Waals surface area (Å²) < 4.78 is 7.40. The number of methoxy groups -OCH3 is 1. The molecule has 1 aromatic heterocycles. The molecule has 0 saturated carbocycles. The van der Waals surface area contributed by atoms with Crippen LogP contribution in [0.25, 0.3) is 6.08 Å². The van der Waals surface area contributed by atoms with Gasteiger partial charge in [0.2, 0.25) is 5.91 Å². The lowest BCUT2D eigenvalue weighted by atomic mass is 10.1. The second-order valence-corrected chi connectivity index (χ2v) is 6.97. The van der Waals surface area contributed by atoms with Crippen molar-refractivity contribution in [2.24, 2.45) is 0 Å². The fourth-order valence-electron chi connectivity index (χ4n) is 3.63. The summed E-state index contributed by atoms with van der Waals surface area (Å²) in [7, 11) is 1.67. The number of nitriles is 1. The number of hydrogen-bond acceptors (Lipinski definition) is 4. The van der Waals surface area contributed by atoms with Gasteiger partial charge in [0.1, 0.15) is 11.6 Å². The van der Waals surface area contributed by atoms with E-state index < -0.39 is 0 Å². The lowest BCUT2D eigenvalue weighted by Gasteiger charge is -2.34. The summed E-state index contributed by atoms with van der Waals surface area (Å²) in [5, 5.41) is 9.53. The van der Waals surface area contributed by atoms with Gasteiger partial charge in [-0.3, -0.25) is 9.59 Å². The first kappa shape index (κ1) is 20.7. The van der Waals surface area contributed by atoms with Crippen LogP contribution in [-0.2, 0) is 14.3 Å². The van der Waals surface area contributed by atoms with Gasteiger partial charge in [-0.25, -0.2) is 0 Å². The molecule has 146 valence electrons. The Labute approximate surface area is 160 Å². The summed E-state index contributed by atoms with van der Waals surface area (Å²) in [6, 6.07) is 4.20. The summed E-state index contributed by atoms with van der Waals surface area (Å²) in [6.45, 7) is 10.1. The number of aromatic nitrogens is 1. The second-order valence-electron chi connectivity index (χ2n) is 6.97. The molecule has 0 radical (unpaired) electrons. The molecule has 0 aromatic carbocycles. The van der Waals surface area contributed by atoms with Crippen molar-refractivity contribution >= 4 is 17.9 Å². The molecule has 1 aliphatic heterocycles. The molecule has 2 amide bonds. The van der Waals surface area contributed by atoms with Gasteiger partial charge in [-0.2, -0.15) is 5.26 Å². The average molecular weight is 372 g/mol. The number of ether oxygens (including phenoxy) is 1. The van der Waals surface area contributed by atoms with Crippen LogP contribution in [0.1, 0.15) is 36.8 Å². The third kappa shape index (κ3) is 4.58. The van der Waals surface area contributed by atoms with Crippen LogP contribution < -0.4 is 0 Å². The van der Waals surface area contributed by atoms with E-state index in [0.717, 1.165) is 17.0 Å². The second kappa shape index (κ2) is 8.87. The normalized spacial score (nSPS) is 16.2. The lowest BCUT2D eigenvalue weighted by molar-refractivity contribution is -0.135. The molecule has 0 spiro atoms. The van der Waals surface area contributed by atoms with Crippen LogP contribution in [0, 0.1) is 25.2 Å². The van der Waals surface area contributed by atoms with Crippen molar-refractivity contribution < 1.29 is 14.3 Å². The largest absolute Gasteiger partial charge is 0.383 e. The zero-order chi connectivity index (χ0) is 20.1. The van der Waals surface area contributed by atoms with E-state index in [9.17, 15) is 14.9 Å². The molecule has 1 aromatic rings. The Bertz CT molecular complexity index is 780. The van der Waals surface area contributed by atoms with Gasteiger partial charge in [0, 0.05) is 51.6 Å². The van der Waals surface area contributed by atoms with E-state index in [1.165, 1.54) is 6.92 Å². The quantitative estimate of drug-likeness (QED) is 0.584. The molecule has 2 rings (SSSR count). The van der Waals surface area contributed by atoms with E-state index in [2.05, 4.69) is 11.5 Å². The molecule has 27 heavy (non-hydrogen) atoms. The number of carbonyl (C=O) groups is 2. The Hall–Kier alpha value is -2.59. The zero-order valence-corrected chi connectivity index (χ0v) is 16.8. The number of piperazine rings is 1. The molecule has 0 bridgehead atoms. The van der Waals surface area contributed by atoms with Gasteiger partial charge in [0.25, 0.3) is 5.91 Å². The number of nitrogens with zero attached hydrogens (tertiary/aromatic N) is 4. The van der Waals surface area contributed by atoms with E-state index in [-0.39, 0.29) is 23.4 Å². The minimum Gasteiger partial charge on any atom is -0.383 e. The number of amides is 2. The predicted octanol–water partition coefficient (Wildman–Crippen LogP) is 1.91. The van der Waals surface area contributed by atoms with Crippen LogP contribution in [0.4, 0.5) is 0 Å². The van der Waals surface area contributed by atoms with Crippen molar-refractivity contribution in [2.45, 2.75) is 33.7 Å². The Kier molecular flexibility index (Phi) is 6.81. The topological polar surface area (TPSA) is 78.6 Å². The number of hydrogen-bond donors (Lipinski definition) is 0. The van der Waals surface area contributed by atoms with Crippen molar-refractivity contribution in [3.8, 4) is 6.07 Å². The third-order valence-corrected chi connectivity index (χ3v) is 5.04. The average Bonchev–Trinajstić information content (AvgIpc) is 2.92. The van der Waals surface area contributed by atoms with Crippen LogP contribution in [-0.4, -0.2) is 66.1 Å². The van der Waals surface area contributed by atoms with Crippen molar-refractivity contribution in [2.75, 3.05) is 39.9 Å². The molecule has 0 N–H and O–H groups in total. The Morgan fingerprint density at radius 1 is 1.26 bits per heavy atom.